The van der Waals surface area contributed by atoms with E-state index in [9.17, 15) is 13.6 Å². The fourth-order valence-corrected chi connectivity index (χ4v) is 3.56. The number of anilines is 1. The van der Waals surface area contributed by atoms with Gasteiger partial charge in [0.15, 0.2) is 5.82 Å². The van der Waals surface area contributed by atoms with Crippen LogP contribution < -0.4 is 15.0 Å². The van der Waals surface area contributed by atoms with Gasteiger partial charge >= 0.3 is 0 Å². The molecule has 1 saturated heterocycles. The summed E-state index contributed by atoms with van der Waals surface area (Å²) in [5, 5.41) is 2.63. The first-order valence-electron chi connectivity index (χ1n) is 10.6. The maximum Gasteiger partial charge on any atom is 0.263 e. The van der Waals surface area contributed by atoms with E-state index in [2.05, 4.69) is 27.1 Å². The molecule has 1 fully saturated rings. The van der Waals surface area contributed by atoms with Crippen molar-refractivity contribution in [3.05, 3.63) is 77.6 Å². The van der Waals surface area contributed by atoms with Gasteiger partial charge < -0.3 is 15.0 Å². The van der Waals surface area contributed by atoms with E-state index in [0.29, 0.717) is 28.9 Å². The van der Waals surface area contributed by atoms with Gasteiger partial charge in [-0.1, -0.05) is 13.0 Å². The maximum atomic E-state index is 13.7. The van der Waals surface area contributed by atoms with Gasteiger partial charge in [-0.3, -0.25) is 4.79 Å². The first-order chi connectivity index (χ1) is 15.5. The van der Waals surface area contributed by atoms with Gasteiger partial charge in [0.05, 0.1) is 0 Å². The molecule has 1 N–H and O–H groups in total. The number of nitrogens with zero attached hydrogens (tertiary/aromatic N) is 3. The van der Waals surface area contributed by atoms with Crippen molar-refractivity contribution >= 4 is 11.7 Å². The molecule has 2 aromatic carbocycles. The highest BCUT2D eigenvalue weighted by atomic mass is 19.1. The normalized spacial score (nSPS) is 14.3. The second kappa shape index (κ2) is 9.72. The third kappa shape index (κ3) is 5.19. The lowest BCUT2D eigenvalue weighted by atomic mass is 9.99. The number of carbonyl (C=O) groups excluding carboxylic acids is 1. The van der Waals surface area contributed by atoms with Crippen molar-refractivity contribution in [1.82, 2.24) is 15.3 Å². The van der Waals surface area contributed by atoms with Crippen LogP contribution in [0.1, 0.15) is 35.7 Å². The number of halogens is 2. The molecule has 3 aromatic rings. The lowest BCUT2D eigenvalue weighted by molar-refractivity contribution is 0.0950. The Morgan fingerprint density at radius 3 is 2.53 bits per heavy atom. The van der Waals surface area contributed by atoms with Crippen LogP contribution in [-0.4, -0.2) is 29.0 Å². The first-order valence-corrected chi connectivity index (χ1v) is 10.6. The van der Waals surface area contributed by atoms with Crippen molar-refractivity contribution in [3.63, 3.8) is 0 Å². The summed E-state index contributed by atoms with van der Waals surface area (Å²) in [6.07, 6.45) is 5.43. The Hall–Kier alpha value is -3.55. The van der Waals surface area contributed by atoms with E-state index in [1.54, 1.807) is 36.7 Å². The van der Waals surface area contributed by atoms with Crippen molar-refractivity contribution in [3.8, 4) is 11.6 Å². The highest BCUT2D eigenvalue weighted by molar-refractivity contribution is 5.94. The van der Waals surface area contributed by atoms with Crippen molar-refractivity contribution in [1.29, 1.82) is 0 Å². The second-order valence-corrected chi connectivity index (χ2v) is 7.90. The molecule has 32 heavy (non-hydrogen) atoms. The molecule has 4 rings (SSSR count). The van der Waals surface area contributed by atoms with Crippen LogP contribution in [0, 0.1) is 17.6 Å². The monoisotopic (exact) mass is 438 g/mol. The summed E-state index contributed by atoms with van der Waals surface area (Å²) < 4.78 is 32.7. The molecule has 0 unspecified atom stereocenters. The number of hydrogen-bond acceptors (Lipinski definition) is 5. The fraction of sp³-hybridized carbons (Fsp3) is 0.292. The Bertz CT molecular complexity index is 1080. The standard InChI is InChI=1S/C24H24F2N4O2/c1-16-8-12-30(13-9-16)22-24(28-11-10-27-22)32-20-6-3-17(4-7-20)23(31)29-15-18-2-5-19(25)14-21(18)26/h2-7,10-11,14,16H,8-9,12-13,15H2,1H3,(H,29,31). The van der Waals surface area contributed by atoms with Gasteiger partial charge in [0.2, 0.25) is 0 Å². The summed E-state index contributed by atoms with van der Waals surface area (Å²) in [6.45, 7) is 4.02. The minimum absolute atomic E-state index is 0.0411. The van der Waals surface area contributed by atoms with Gasteiger partial charge in [0.1, 0.15) is 17.4 Å². The summed E-state index contributed by atoms with van der Waals surface area (Å²) >= 11 is 0. The molecule has 1 amide bonds. The Morgan fingerprint density at radius 1 is 1.09 bits per heavy atom. The van der Waals surface area contributed by atoms with Crippen molar-refractivity contribution < 1.29 is 18.3 Å². The first kappa shape index (κ1) is 21.7. The second-order valence-electron chi connectivity index (χ2n) is 7.90. The number of nitrogens with one attached hydrogen (secondary N) is 1. The van der Waals surface area contributed by atoms with E-state index in [1.165, 1.54) is 6.07 Å². The average molecular weight is 438 g/mol. The Kier molecular flexibility index (Phi) is 6.58. The van der Waals surface area contributed by atoms with Crippen LogP contribution in [0.25, 0.3) is 0 Å². The van der Waals surface area contributed by atoms with Crippen molar-refractivity contribution in [2.45, 2.75) is 26.3 Å². The van der Waals surface area contributed by atoms with E-state index in [1.807, 2.05) is 0 Å². The summed E-state index contributed by atoms with van der Waals surface area (Å²) in [6, 6.07) is 9.83. The Balaban J connectivity index is 1.39. The van der Waals surface area contributed by atoms with Gasteiger partial charge in [-0.2, -0.15) is 0 Å². The minimum Gasteiger partial charge on any atom is -0.436 e. The molecule has 1 aromatic heterocycles. The third-order valence-corrected chi connectivity index (χ3v) is 5.52. The number of piperidine rings is 1. The molecule has 0 aliphatic carbocycles. The molecule has 0 spiro atoms. The molecule has 166 valence electrons. The van der Waals surface area contributed by atoms with Crippen LogP contribution in [-0.2, 0) is 6.54 Å². The molecular weight excluding hydrogens is 414 g/mol. The molecule has 1 aliphatic rings. The molecule has 0 atom stereocenters. The van der Waals surface area contributed by atoms with Crippen LogP contribution >= 0.6 is 0 Å². The molecule has 0 saturated carbocycles. The molecule has 2 heterocycles. The molecule has 1 aliphatic heterocycles. The maximum absolute atomic E-state index is 13.7. The largest absolute Gasteiger partial charge is 0.436 e. The van der Waals surface area contributed by atoms with Crippen LogP contribution in [0.2, 0.25) is 0 Å². The highest BCUT2D eigenvalue weighted by Gasteiger charge is 2.21. The molecule has 8 heteroatoms. The van der Waals surface area contributed by atoms with E-state index < -0.39 is 11.6 Å². The smallest absolute Gasteiger partial charge is 0.263 e. The number of aromatic nitrogens is 2. The van der Waals surface area contributed by atoms with E-state index >= 15 is 0 Å². The fourth-order valence-electron chi connectivity index (χ4n) is 3.56. The molecule has 0 radical (unpaired) electrons. The molecule has 0 bridgehead atoms. The summed E-state index contributed by atoms with van der Waals surface area (Å²) in [7, 11) is 0. The Morgan fingerprint density at radius 2 is 1.81 bits per heavy atom. The molecule has 6 nitrogen and oxygen atoms in total. The number of rotatable bonds is 6. The van der Waals surface area contributed by atoms with Crippen LogP contribution in [0.3, 0.4) is 0 Å². The van der Waals surface area contributed by atoms with Crippen molar-refractivity contribution in [2.75, 3.05) is 18.0 Å². The van der Waals surface area contributed by atoms with Crippen LogP contribution in [0.5, 0.6) is 11.6 Å². The van der Waals surface area contributed by atoms with Gasteiger partial charge in [0.25, 0.3) is 11.8 Å². The zero-order valence-electron chi connectivity index (χ0n) is 17.7. The van der Waals surface area contributed by atoms with Gasteiger partial charge in [0, 0.05) is 49.2 Å². The number of ether oxygens (including phenoxy) is 1. The quantitative estimate of drug-likeness (QED) is 0.604. The van der Waals surface area contributed by atoms with Gasteiger partial charge in [-0.05, 0) is 49.1 Å². The minimum atomic E-state index is -0.697. The molecular formula is C24H24F2N4O2. The highest BCUT2D eigenvalue weighted by Crippen LogP contribution is 2.30. The van der Waals surface area contributed by atoms with Crippen LogP contribution in [0.15, 0.2) is 54.9 Å². The summed E-state index contributed by atoms with van der Waals surface area (Å²) in [5.41, 5.74) is 0.603. The van der Waals surface area contributed by atoms with E-state index in [4.69, 9.17) is 4.74 Å². The van der Waals surface area contributed by atoms with Crippen molar-refractivity contribution in [2.24, 2.45) is 5.92 Å². The number of amides is 1. The zero-order valence-corrected chi connectivity index (χ0v) is 17.7. The van der Waals surface area contributed by atoms with E-state index in [0.717, 1.165) is 38.1 Å². The topological polar surface area (TPSA) is 67.3 Å². The SMILES string of the molecule is CC1CCN(c2nccnc2Oc2ccc(C(=O)NCc3ccc(F)cc3F)cc2)CC1. The van der Waals surface area contributed by atoms with Gasteiger partial charge in [-0.15, -0.1) is 0 Å². The lowest BCUT2D eigenvalue weighted by Crippen LogP contribution is -2.33. The number of hydrogen-bond donors (Lipinski definition) is 1. The number of benzene rings is 2. The van der Waals surface area contributed by atoms with Gasteiger partial charge in [-0.25, -0.2) is 18.7 Å². The average Bonchev–Trinajstić information content (AvgIpc) is 2.80. The summed E-state index contributed by atoms with van der Waals surface area (Å²) in [4.78, 5) is 23.3. The predicted molar refractivity (Wildman–Crippen MR) is 117 cm³/mol. The van der Waals surface area contributed by atoms with E-state index in [-0.39, 0.29) is 18.0 Å². The third-order valence-electron chi connectivity index (χ3n) is 5.52. The lowest BCUT2D eigenvalue weighted by Gasteiger charge is -2.31. The van der Waals surface area contributed by atoms with Crippen LogP contribution in [0.4, 0.5) is 14.6 Å². The number of carbonyl (C=O) groups is 1. The predicted octanol–water partition coefficient (Wildman–Crippen LogP) is 4.71. The zero-order chi connectivity index (χ0) is 22.5. The Labute approximate surface area is 185 Å². The summed E-state index contributed by atoms with van der Waals surface area (Å²) in [5.74, 6) is 0.631.